The summed E-state index contributed by atoms with van der Waals surface area (Å²) in [6.45, 7) is 1.28. The van der Waals surface area contributed by atoms with Crippen molar-refractivity contribution in [3.8, 4) is 0 Å². The van der Waals surface area contributed by atoms with Crippen LogP contribution in [0.25, 0.3) is 0 Å². The number of rotatable bonds is 5. The lowest BCUT2D eigenvalue weighted by Gasteiger charge is -2.36. The fourth-order valence-electron chi connectivity index (χ4n) is 3.17. The Morgan fingerprint density at radius 3 is 2.26 bits per heavy atom. The number of hydrogen-bond acceptors (Lipinski definition) is 3. The fraction of sp³-hybridized carbons (Fsp3) is 0.529. The zero-order valence-electron chi connectivity index (χ0n) is 12.8. The van der Waals surface area contributed by atoms with Gasteiger partial charge in [-0.25, -0.2) is 0 Å². The van der Waals surface area contributed by atoms with Crippen molar-refractivity contribution in [2.24, 2.45) is 5.41 Å². The van der Waals surface area contributed by atoms with Gasteiger partial charge in [0.05, 0.1) is 10.8 Å². The number of halogens is 1. The Balaban J connectivity index is 1.79. The fourth-order valence-corrected chi connectivity index (χ4v) is 3.44. The van der Waals surface area contributed by atoms with Crippen molar-refractivity contribution in [2.45, 2.75) is 31.1 Å². The molecule has 1 aliphatic carbocycles. The summed E-state index contributed by atoms with van der Waals surface area (Å²) < 4.78 is 6.40. The summed E-state index contributed by atoms with van der Waals surface area (Å²) in [6, 6.07) is 7.77. The molecule has 0 radical (unpaired) electrons. The molecule has 124 valence electrons. The zero-order chi connectivity index (χ0) is 16.5. The van der Waals surface area contributed by atoms with Gasteiger partial charge in [-0.3, -0.25) is 9.59 Å². The molecule has 1 aromatic rings. The van der Waals surface area contributed by atoms with Crippen LogP contribution in [-0.2, 0) is 19.7 Å². The molecule has 1 saturated heterocycles. The van der Waals surface area contributed by atoms with E-state index in [1.54, 1.807) is 0 Å². The monoisotopic (exact) mass is 381 g/mol. The number of nitrogens with one attached hydrogen (secondary N) is 1. The Hall–Kier alpha value is -1.40. The summed E-state index contributed by atoms with van der Waals surface area (Å²) in [5, 5.41) is 12.2. The van der Waals surface area contributed by atoms with Gasteiger partial charge in [0.15, 0.2) is 0 Å². The van der Waals surface area contributed by atoms with Gasteiger partial charge in [0.2, 0.25) is 5.91 Å². The van der Waals surface area contributed by atoms with Gasteiger partial charge in [0.25, 0.3) is 0 Å². The largest absolute Gasteiger partial charge is 0.481 e. The van der Waals surface area contributed by atoms with E-state index in [4.69, 9.17) is 4.74 Å². The number of aliphatic carboxylic acids is 1. The molecule has 0 spiro atoms. The van der Waals surface area contributed by atoms with Crippen LogP contribution in [0.15, 0.2) is 28.7 Å². The van der Waals surface area contributed by atoms with Gasteiger partial charge in [-0.1, -0.05) is 28.1 Å². The molecule has 23 heavy (non-hydrogen) atoms. The first-order valence-corrected chi connectivity index (χ1v) is 8.63. The van der Waals surface area contributed by atoms with E-state index in [0.29, 0.717) is 38.9 Å². The second kappa shape index (κ2) is 6.24. The molecule has 2 N–H and O–H groups in total. The van der Waals surface area contributed by atoms with E-state index in [1.807, 2.05) is 24.3 Å². The van der Waals surface area contributed by atoms with Crippen molar-refractivity contribution >= 4 is 27.8 Å². The van der Waals surface area contributed by atoms with Gasteiger partial charge in [0.1, 0.15) is 0 Å². The predicted octanol–water partition coefficient (Wildman–Crippen LogP) is 2.48. The third-order valence-electron chi connectivity index (χ3n) is 5.07. The Labute approximate surface area is 143 Å². The summed E-state index contributed by atoms with van der Waals surface area (Å²) in [6.07, 6.45) is 2.50. The minimum Gasteiger partial charge on any atom is -0.481 e. The van der Waals surface area contributed by atoms with E-state index in [9.17, 15) is 14.7 Å². The lowest BCUT2D eigenvalue weighted by Crippen LogP contribution is -2.49. The lowest BCUT2D eigenvalue weighted by molar-refractivity contribution is -0.143. The van der Waals surface area contributed by atoms with Crippen LogP contribution < -0.4 is 5.32 Å². The number of hydrogen-bond donors (Lipinski definition) is 2. The van der Waals surface area contributed by atoms with Crippen molar-refractivity contribution in [1.29, 1.82) is 0 Å². The first-order chi connectivity index (χ1) is 11.0. The smallest absolute Gasteiger partial charge is 0.311 e. The summed E-state index contributed by atoms with van der Waals surface area (Å²) in [4.78, 5) is 24.2. The molecule has 1 heterocycles. The Morgan fingerprint density at radius 1 is 1.13 bits per heavy atom. The van der Waals surface area contributed by atoms with E-state index in [1.165, 1.54) is 0 Å². The second-order valence-electron chi connectivity index (χ2n) is 6.47. The summed E-state index contributed by atoms with van der Waals surface area (Å²) in [7, 11) is 0. The molecule has 1 amide bonds. The second-order valence-corrected chi connectivity index (χ2v) is 7.39. The number of carboxylic acids is 1. The summed E-state index contributed by atoms with van der Waals surface area (Å²) >= 11 is 3.41. The molecular weight excluding hydrogens is 362 g/mol. The van der Waals surface area contributed by atoms with Crippen molar-refractivity contribution in [1.82, 2.24) is 5.32 Å². The van der Waals surface area contributed by atoms with Crippen LogP contribution in [0.5, 0.6) is 0 Å². The number of amides is 1. The highest BCUT2D eigenvalue weighted by Gasteiger charge is 2.51. The van der Waals surface area contributed by atoms with Crippen molar-refractivity contribution in [3.05, 3.63) is 34.3 Å². The first kappa shape index (κ1) is 16.5. The maximum absolute atomic E-state index is 12.9. The normalized spacial score (nSPS) is 21.4. The topological polar surface area (TPSA) is 75.6 Å². The van der Waals surface area contributed by atoms with Crippen LogP contribution >= 0.6 is 15.9 Å². The van der Waals surface area contributed by atoms with Gasteiger partial charge in [-0.2, -0.15) is 0 Å². The molecule has 0 bridgehead atoms. The van der Waals surface area contributed by atoms with Crippen molar-refractivity contribution < 1.29 is 19.4 Å². The van der Waals surface area contributed by atoms with E-state index < -0.39 is 16.8 Å². The third kappa shape index (κ3) is 3.15. The molecule has 1 aromatic carbocycles. The Kier molecular flexibility index (Phi) is 4.47. The maximum Gasteiger partial charge on any atom is 0.311 e. The highest BCUT2D eigenvalue weighted by atomic mass is 79.9. The minimum atomic E-state index is -0.817. The van der Waals surface area contributed by atoms with E-state index in [2.05, 4.69) is 21.2 Å². The van der Waals surface area contributed by atoms with Crippen LogP contribution in [0.2, 0.25) is 0 Å². The number of benzene rings is 1. The van der Waals surface area contributed by atoms with Crippen LogP contribution in [0.1, 0.15) is 31.2 Å². The molecule has 5 nitrogen and oxygen atoms in total. The van der Waals surface area contributed by atoms with Crippen molar-refractivity contribution in [3.63, 3.8) is 0 Å². The first-order valence-electron chi connectivity index (χ1n) is 7.84. The molecular formula is C17H20BrNO4. The molecule has 0 unspecified atom stereocenters. The van der Waals surface area contributed by atoms with Gasteiger partial charge >= 0.3 is 5.97 Å². The van der Waals surface area contributed by atoms with E-state index in [-0.39, 0.29) is 12.5 Å². The Morgan fingerprint density at radius 2 is 1.74 bits per heavy atom. The van der Waals surface area contributed by atoms with Gasteiger partial charge < -0.3 is 15.2 Å². The molecule has 2 aliphatic rings. The molecule has 2 fully saturated rings. The highest BCUT2D eigenvalue weighted by Crippen LogP contribution is 2.45. The summed E-state index contributed by atoms with van der Waals surface area (Å²) in [5.41, 5.74) is -0.420. The van der Waals surface area contributed by atoms with Gasteiger partial charge in [-0.15, -0.1) is 0 Å². The standard InChI is InChI=1S/C17H20BrNO4/c18-13-3-1-12(2-4-13)17(7-9-23-10-8-17)14(20)19-11-16(5-6-16)15(21)22/h1-4H,5-11H2,(H,19,20)(H,21,22). The van der Waals surface area contributed by atoms with Gasteiger partial charge in [-0.05, 0) is 43.4 Å². The average Bonchev–Trinajstić information content (AvgIpc) is 3.35. The van der Waals surface area contributed by atoms with Crippen LogP contribution in [0.3, 0.4) is 0 Å². The van der Waals surface area contributed by atoms with Crippen LogP contribution in [0.4, 0.5) is 0 Å². The van der Waals surface area contributed by atoms with Crippen molar-refractivity contribution in [2.75, 3.05) is 19.8 Å². The Bertz CT molecular complexity index is 604. The van der Waals surface area contributed by atoms with Crippen LogP contribution in [-0.4, -0.2) is 36.7 Å². The minimum absolute atomic E-state index is 0.0874. The average molecular weight is 382 g/mol. The number of carboxylic acid groups (broad SMARTS) is 1. The lowest BCUT2D eigenvalue weighted by atomic mass is 9.73. The van der Waals surface area contributed by atoms with Gasteiger partial charge in [0, 0.05) is 24.2 Å². The molecule has 1 aliphatic heterocycles. The maximum atomic E-state index is 12.9. The number of carbonyl (C=O) groups excluding carboxylic acids is 1. The molecule has 0 aromatic heterocycles. The number of ether oxygens (including phenoxy) is 1. The predicted molar refractivity (Wildman–Crippen MR) is 88.2 cm³/mol. The highest BCUT2D eigenvalue weighted by molar-refractivity contribution is 9.10. The zero-order valence-corrected chi connectivity index (χ0v) is 14.4. The molecule has 3 rings (SSSR count). The van der Waals surface area contributed by atoms with E-state index in [0.717, 1.165) is 10.0 Å². The SMILES string of the molecule is O=C(O)C1(CNC(=O)C2(c3ccc(Br)cc3)CCOCC2)CC1. The quantitative estimate of drug-likeness (QED) is 0.821. The summed E-state index contributed by atoms with van der Waals surface area (Å²) in [5.74, 6) is -0.905. The molecule has 0 atom stereocenters. The molecule has 6 heteroatoms. The molecule has 1 saturated carbocycles. The number of carbonyl (C=O) groups is 2. The van der Waals surface area contributed by atoms with E-state index >= 15 is 0 Å². The third-order valence-corrected chi connectivity index (χ3v) is 5.60. The van der Waals surface area contributed by atoms with Crippen LogP contribution in [0, 0.1) is 5.41 Å².